The van der Waals surface area contributed by atoms with E-state index in [0.29, 0.717) is 16.2 Å². The number of pyridine rings is 1. The number of carbonyl (C=O) groups excluding carboxylic acids is 1. The van der Waals surface area contributed by atoms with Gasteiger partial charge in [0, 0.05) is 19.0 Å². The molecule has 4 rings (SSSR count). The van der Waals surface area contributed by atoms with Crippen LogP contribution in [0.1, 0.15) is 37.0 Å². The van der Waals surface area contributed by atoms with Gasteiger partial charge >= 0.3 is 12.6 Å². The number of ether oxygens (including phenoxy) is 3. The zero-order chi connectivity index (χ0) is 30.6. The highest BCUT2D eigenvalue weighted by atomic mass is 35.5. The van der Waals surface area contributed by atoms with Crippen LogP contribution in [0.5, 0.6) is 11.5 Å². The summed E-state index contributed by atoms with van der Waals surface area (Å²) >= 11 is 12.6. The van der Waals surface area contributed by atoms with Crippen LogP contribution in [-0.4, -0.2) is 45.0 Å². The number of likely N-dealkylation sites (N-methyl/N-ethyl adjacent to an activating group) is 1. The van der Waals surface area contributed by atoms with E-state index >= 15 is 0 Å². The lowest BCUT2D eigenvalue weighted by Gasteiger charge is -2.26. The Balaban J connectivity index is 1.67. The average Bonchev–Trinajstić information content (AvgIpc) is 3.77. The SMILES string of the molecule is C[C@H](C(=O)O[C@@H](Cc1c(Cl)c[n+]([O-])cc1Cl)c1ccc(OC(F)F)c(OCC2CC2)c1)N(C)S(=O)(=O)c1ccccc1. The zero-order valence-corrected chi connectivity index (χ0v) is 24.9. The van der Waals surface area contributed by atoms with Gasteiger partial charge in [0.2, 0.25) is 10.0 Å². The maximum absolute atomic E-state index is 13.4. The third kappa shape index (κ3) is 7.80. The van der Waals surface area contributed by atoms with Crippen molar-refractivity contribution in [2.45, 2.75) is 49.8 Å². The molecule has 1 fully saturated rings. The molecule has 1 heterocycles. The van der Waals surface area contributed by atoms with Gasteiger partial charge in [-0.2, -0.15) is 17.8 Å². The Kier molecular flexibility index (Phi) is 10.1. The molecule has 42 heavy (non-hydrogen) atoms. The van der Waals surface area contributed by atoms with Crippen molar-refractivity contribution in [3.05, 3.63) is 87.3 Å². The van der Waals surface area contributed by atoms with Gasteiger partial charge < -0.3 is 19.4 Å². The first kappa shape index (κ1) is 31.7. The molecule has 0 unspecified atom stereocenters. The number of carbonyl (C=O) groups is 1. The fourth-order valence-electron chi connectivity index (χ4n) is 4.02. The van der Waals surface area contributed by atoms with Gasteiger partial charge in [0.1, 0.15) is 22.2 Å². The largest absolute Gasteiger partial charge is 0.619 e. The Labute approximate surface area is 252 Å². The van der Waals surface area contributed by atoms with E-state index in [9.17, 15) is 27.2 Å². The molecule has 9 nitrogen and oxygen atoms in total. The number of hydrogen-bond acceptors (Lipinski definition) is 7. The number of aromatic nitrogens is 1. The number of hydrogen-bond donors (Lipinski definition) is 0. The van der Waals surface area contributed by atoms with Crippen LogP contribution >= 0.6 is 23.2 Å². The zero-order valence-electron chi connectivity index (χ0n) is 22.6. The Morgan fingerprint density at radius 2 is 1.74 bits per heavy atom. The highest BCUT2D eigenvalue weighted by Gasteiger charge is 2.33. The number of halogens is 4. The van der Waals surface area contributed by atoms with Gasteiger partial charge in [0.15, 0.2) is 23.9 Å². The minimum atomic E-state index is -4.05. The van der Waals surface area contributed by atoms with E-state index in [4.69, 9.17) is 32.7 Å². The van der Waals surface area contributed by atoms with Crippen LogP contribution in [0.15, 0.2) is 65.8 Å². The Morgan fingerprint density at radius 3 is 2.33 bits per heavy atom. The van der Waals surface area contributed by atoms with E-state index in [2.05, 4.69) is 4.74 Å². The maximum Gasteiger partial charge on any atom is 0.387 e. The Bertz CT molecular complexity index is 1500. The first-order valence-electron chi connectivity index (χ1n) is 12.9. The lowest BCUT2D eigenvalue weighted by molar-refractivity contribution is -0.605. The van der Waals surface area contributed by atoms with Crippen molar-refractivity contribution in [3.8, 4) is 11.5 Å². The van der Waals surface area contributed by atoms with Crippen molar-refractivity contribution in [1.29, 1.82) is 0 Å². The quantitative estimate of drug-likeness (QED) is 0.136. The van der Waals surface area contributed by atoms with E-state index in [1.807, 2.05) is 0 Å². The van der Waals surface area contributed by atoms with Crippen molar-refractivity contribution in [2.24, 2.45) is 5.92 Å². The van der Waals surface area contributed by atoms with Crippen LogP contribution in [0.25, 0.3) is 0 Å². The summed E-state index contributed by atoms with van der Waals surface area (Å²) < 4.78 is 69.9. The van der Waals surface area contributed by atoms with Gasteiger partial charge in [-0.05, 0) is 55.5 Å². The van der Waals surface area contributed by atoms with Gasteiger partial charge in [-0.25, -0.2) is 8.42 Å². The smallest absolute Gasteiger partial charge is 0.387 e. The molecular weight excluding hydrogens is 617 g/mol. The summed E-state index contributed by atoms with van der Waals surface area (Å²) in [5.74, 6) is -0.798. The van der Waals surface area contributed by atoms with Crippen molar-refractivity contribution >= 4 is 39.2 Å². The lowest BCUT2D eigenvalue weighted by atomic mass is 10.0. The second kappa shape index (κ2) is 13.4. The monoisotopic (exact) mass is 644 g/mol. The summed E-state index contributed by atoms with van der Waals surface area (Å²) in [6.45, 7) is -1.45. The molecule has 0 N–H and O–H groups in total. The molecule has 2 atom stereocenters. The number of sulfonamides is 1. The fourth-order valence-corrected chi connectivity index (χ4v) is 5.95. The van der Waals surface area contributed by atoms with Gasteiger partial charge in [0.25, 0.3) is 0 Å². The summed E-state index contributed by atoms with van der Waals surface area (Å²) in [5.41, 5.74) is 0.581. The summed E-state index contributed by atoms with van der Waals surface area (Å²) in [6.07, 6.45) is 2.78. The van der Waals surface area contributed by atoms with Gasteiger partial charge in [-0.1, -0.05) is 47.5 Å². The number of rotatable bonds is 13. The maximum atomic E-state index is 13.4. The normalized spacial score (nSPS) is 15.0. The third-order valence-electron chi connectivity index (χ3n) is 6.74. The molecule has 0 saturated heterocycles. The summed E-state index contributed by atoms with van der Waals surface area (Å²) in [6, 6.07) is 10.4. The highest BCUT2D eigenvalue weighted by molar-refractivity contribution is 7.89. The molecule has 14 heteroatoms. The Hall–Kier alpha value is -3.19. The van der Waals surface area contributed by atoms with E-state index in [1.54, 1.807) is 18.2 Å². The third-order valence-corrected chi connectivity index (χ3v) is 9.33. The highest BCUT2D eigenvalue weighted by Crippen LogP contribution is 2.38. The molecule has 1 aromatic heterocycles. The minimum Gasteiger partial charge on any atom is -0.619 e. The number of benzene rings is 2. The summed E-state index contributed by atoms with van der Waals surface area (Å²) in [5, 5.41) is 11.8. The summed E-state index contributed by atoms with van der Waals surface area (Å²) in [4.78, 5) is 13.4. The van der Waals surface area contributed by atoms with Gasteiger partial charge in [0.05, 0.1) is 11.5 Å². The van der Waals surface area contributed by atoms with Crippen LogP contribution in [0.3, 0.4) is 0 Å². The molecule has 1 aliphatic carbocycles. The predicted molar refractivity (Wildman–Crippen MR) is 150 cm³/mol. The van der Waals surface area contributed by atoms with Crippen LogP contribution in [0.2, 0.25) is 10.0 Å². The predicted octanol–water partition coefficient (Wildman–Crippen LogP) is 5.55. The number of esters is 1. The molecule has 3 aromatic rings. The number of alkyl halides is 2. The van der Waals surface area contributed by atoms with E-state index in [1.165, 1.54) is 44.3 Å². The van der Waals surface area contributed by atoms with E-state index in [-0.39, 0.29) is 45.0 Å². The van der Waals surface area contributed by atoms with Crippen molar-refractivity contribution in [3.63, 3.8) is 0 Å². The molecule has 0 amide bonds. The van der Waals surface area contributed by atoms with Crippen LogP contribution in [-0.2, 0) is 26.0 Å². The molecule has 1 saturated carbocycles. The average molecular weight is 646 g/mol. The number of nitrogens with zero attached hydrogens (tertiary/aromatic N) is 2. The first-order chi connectivity index (χ1) is 19.9. The van der Waals surface area contributed by atoms with Crippen LogP contribution in [0, 0.1) is 11.1 Å². The van der Waals surface area contributed by atoms with E-state index < -0.39 is 34.7 Å². The van der Waals surface area contributed by atoms with Gasteiger partial charge in [-0.3, -0.25) is 4.79 Å². The topological polar surface area (TPSA) is 109 Å². The minimum absolute atomic E-state index is 0.00164. The first-order valence-corrected chi connectivity index (χ1v) is 15.1. The molecule has 2 aromatic carbocycles. The lowest BCUT2D eigenvalue weighted by Crippen LogP contribution is -2.41. The Morgan fingerprint density at radius 1 is 1.10 bits per heavy atom. The fraction of sp³-hybridized carbons (Fsp3) is 0.357. The van der Waals surface area contributed by atoms with Crippen molar-refractivity contribution in [1.82, 2.24) is 4.31 Å². The summed E-state index contributed by atoms with van der Waals surface area (Å²) in [7, 11) is -2.80. The van der Waals surface area contributed by atoms with Crippen LogP contribution in [0.4, 0.5) is 8.78 Å². The van der Waals surface area contributed by atoms with Crippen molar-refractivity contribution in [2.75, 3.05) is 13.7 Å². The molecule has 0 aliphatic heterocycles. The van der Waals surface area contributed by atoms with Crippen molar-refractivity contribution < 1.29 is 40.9 Å². The van der Waals surface area contributed by atoms with Crippen LogP contribution < -0.4 is 14.2 Å². The standard InChI is InChI=1S/C28H28Cl2F2N2O7S/c1-17(33(2)42(37,38)20-6-4-3-5-7-20)27(35)40-25(13-21-22(29)14-34(36)15-23(21)30)19-10-11-24(41-28(31)32)26(12-19)39-16-18-8-9-18/h3-7,10-12,14-15,17-18,25,28H,8-9,13,16H2,1-2H3/t17-,25+/m1/s1. The van der Waals surface area contributed by atoms with E-state index in [0.717, 1.165) is 29.5 Å². The molecule has 1 aliphatic rings. The molecule has 226 valence electrons. The second-order valence-electron chi connectivity index (χ2n) is 9.77. The molecular formula is C28H28Cl2F2N2O7S. The molecule has 0 spiro atoms. The second-order valence-corrected chi connectivity index (χ2v) is 12.6. The van der Waals surface area contributed by atoms with Gasteiger partial charge in [-0.15, -0.1) is 0 Å². The molecule has 0 radical (unpaired) electrons. The molecule has 0 bridgehead atoms.